The molecule has 21 heavy (non-hydrogen) atoms. The van der Waals surface area contributed by atoms with Gasteiger partial charge in [-0.1, -0.05) is 29.8 Å². The van der Waals surface area contributed by atoms with Crippen molar-refractivity contribution in [2.75, 3.05) is 0 Å². The molecule has 114 valence electrons. The van der Waals surface area contributed by atoms with Crippen LogP contribution in [-0.4, -0.2) is 21.2 Å². The molecule has 0 saturated carbocycles. The summed E-state index contributed by atoms with van der Waals surface area (Å²) in [4.78, 5) is 0. The van der Waals surface area contributed by atoms with Crippen LogP contribution < -0.4 is 4.74 Å². The van der Waals surface area contributed by atoms with Crippen molar-refractivity contribution in [3.05, 3.63) is 46.7 Å². The lowest BCUT2D eigenvalue weighted by Crippen LogP contribution is -2.19. The van der Waals surface area contributed by atoms with Crippen molar-refractivity contribution < 1.29 is 23.0 Å². The zero-order chi connectivity index (χ0) is 15.6. The van der Waals surface area contributed by atoms with Crippen LogP contribution in [0.15, 0.2) is 30.5 Å². The summed E-state index contributed by atoms with van der Waals surface area (Å²) in [5.41, 5.74) is 0.185. The first-order chi connectivity index (χ1) is 9.83. The topological polar surface area (TPSA) is 47.3 Å². The number of nitrogens with zero attached hydrogens (tertiary/aromatic N) is 2. The Morgan fingerprint density at radius 3 is 2.67 bits per heavy atom. The molecule has 8 heteroatoms. The Morgan fingerprint density at radius 2 is 2.05 bits per heavy atom. The van der Waals surface area contributed by atoms with Crippen molar-refractivity contribution >= 4 is 11.6 Å². The molecule has 0 amide bonds. The van der Waals surface area contributed by atoms with Gasteiger partial charge in [-0.05, 0) is 13.0 Å². The Morgan fingerprint density at radius 1 is 1.38 bits per heavy atom. The van der Waals surface area contributed by atoms with Crippen molar-refractivity contribution in [2.24, 2.45) is 0 Å². The van der Waals surface area contributed by atoms with Gasteiger partial charge in [0.05, 0.1) is 16.9 Å². The van der Waals surface area contributed by atoms with Crippen LogP contribution in [0.5, 0.6) is 5.75 Å². The second-order valence-corrected chi connectivity index (χ2v) is 4.59. The average Bonchev–Trinajstić information content (AvgIpc) is 2.78. The molecule has 0 spiro atoms. The molecular formula is C13H12ClF3N2O2. The molecule has 0 aliphatic heterocycles. The number of alkyl halides is 3. The van der Waals surface area contributed by atoms with E-state index in [1.807, 2.05) is 0 Å². The van der Waals surface area contributed by atoms with E-state index in [9.17, 15) is 18.3 Å². The molecule has 2 rings (SSSR count). The Bertz CT molecular complexity index is 628. The van der Waals surface area contributed by atoms with Crippen LogP contribution in [0.4, 0.5) is 13.2 Å². The second-order valence-electron chi connectivity index (χ2n) is 4.18. The van der Waals surface area contributed by atoms with Gasteiger partial charge in [0.15, 0.2) is 0 Å². The van der Waals surface area contributed by atoms with Gasteiger partial charge in [-0.2, -0.15) is 5.10 Å². The number of aromatic nitrogens is 2. The summed E-state index contributed by atoms with van der Waals surface area (Å²) < 4.78 is 42.6. The van der Waals surface area contributed by atoms with Crippen LogP contribution in [0, 0.1) is 0 Å². The number of aryl methyl sites for hydroxylation is 1. The van der Waals surface area contributed by atoms with Crippen LogP contribution in [-0.2, 0) is 6.54 Å². The summed E-state index contributed by atoms with van der Waals surface area (Å²) in [6, 6.07) is 5.36. The van der Waals surface area contributed by atoms with E-state index >= 15 is 0 Å². The zero-order valence-corrected chi connectivity index (χ0v) is 11.7. The SMILES string of the molecule is CCn1ncc(Cl)c1C(O)c1ccccc1OC(F)(F)F. The summed E-state index contributed by atoms with van der Waals surface area (Å²) in [5, 5.41) is 14.5. The first-order valence-corrected chi connectivity index (χ1v) is 6.45. The Kier molecular flexibility index (Phi) is 4.43. The van der Waals surface area contributed by atoms with E-state index in [0.29, 0.717) is 6.54 Å². The standard InChI is InChI=1S/C13H12ClF3N2O2/c1-2-19-11(9(14)7-18-19)12(20)8-5-3-4-6-10(8)21-13(15,16)17/h3-7,12,20H,2H2,1H3. The van der Waals surface area contributed by atoms with Crippen LogP contribution in [0.25, 0.3) is 0 Å². The van der Waals surface area contributed by atoms with E-state index in [1.165, 1.54) is 29.1 Å². The average molecular weight is 321 g/mol. The second kappa shape index (κ2) is 5.95. The maximum absolute atomic E-state index is 12.4. The molecule has 4 nitrogen and oxygen atoms in total. The fraction of sp³-hybridized carbons (Fsp3) is 0.308. The third-order valence-electron chi connectivity index (χ3n) is 2.83. The van der Waals surface area contributed by atoms with Gasteiger partial charge in [-0.25, -0.2) is 0 Å². The molecule has 1 unspecified atom stereocenters. The van der Waals surface area contributed by atoms with Crippen LogP contribution >= 0.6 is 11.6 Å². The monoisotopic (exact) mass is 320 g/mol. The van der Waals surface area contributed by atoms with Crippen LogP contribution in [0.1, 0.15) is 24.3 Å². The van der Waals surface area contributed by atoms with E-state index in [2.05, 4.69) is 9.84 Å². The lowest BCUT2D eigenvalue weighted by Gasteiger charge is -2.18. The minimum Gasteiger partial charge on any atom is -0.405 e. The maximum Gasteiger partial charge on any atom is 0.573 e. The van der Waals surface area contributed by atoms with Gasteiger partial charge in [0.2, 0.25) is 0 Å². The quantitative estimate of drug-likeness (QED) is 0.937. The highest BCUT2D eigenvalue weighted by molar-refractivity contribution is 6.31. The molecule has 2 aromatic rings. The number of halogens is 4. The van der Waals surface area contributed by atoms with Gasteiger partial charge < -0.3 is 9.84 Å². The van der Waals surface area contributed by atoms with E-state index in [4.69, 9.17) is 11.6 Å². The summed E-state index contributed by atoms with van der Waals surface area (Å²) in [5.74, 6) is -0.475. The lowest BCUT2D eigenvalue weighted by molar-refractivity contribution is -0.275. The van der Waals surface area contributed by atoms with Gasteiger partial charge >= 0.3 is 6.36 Å². The molecule has 0 aliphatic rings. The normalized spacial score (nSPS) is 13.2. The Labute approximate surface area is 123 Å². The molecule has 1 aromatic heterocycles. The number of hydrogen-bond donors (Lipinski definition) is 1. The minimum atomic E-state index is -4.84. The van der Waals surface area contributed by atoms with Crippen molar-refractivity contribution in [2.45, 2.75) is 25.9 Å². The number of aliphatic hydroxyl groups excluding tert-OH is 1. The lowest BCUT2D eigenvalue weighted by atomic mass is 10.1. The summed E-state index contributed by atoms with van der Waals surface area (Å²) in [6.45, 7) is 2.19. The van der Waals surface area contributed by atoms with E-state index in [-0.39, 0.29) is 16.3 Å². The summed E-state index contributed by atoms with van der Waals surface area (Å²) >= 11 is 5.95. The zero-order valence-electron chi connectivity index (χ0n) is 10.9. The highest BCUT2D eigenvalue weighted by Crippen LogP contribution is 2.35. The molecule has 0 aliphatic carbocycles. The molecule has 0 saturated heterocycles. The van der Waals surface area contributed by atoms with Crippen molar-refractivity contribution in [1.29, 1.82) is 0 Å². The molecule has 1 N–H and O–H groups in total. The molecule has 0 bridgehead atoms. The summed E-state index contributed by atoms with van der Waals surface area (Å²) in [6.07, 6.45) is -4.89. The third kappa shape index (κ3) is 3.48. The van der Waals surface area contributed by atoms with E-state index in [1.54, 1.807) is 6.92 Å². The molecular weight excluding hydrogens is 309 g/mol. The van der Waals surface area contributed by atoms with Crippen molar-refractivity contribution in [1.82, 2.24) is 9.78 Å². The van der Waals surface area contributed by atoms with Gasteiger partial charge in [0.1, 0.15) is 11.9 Å². The fourth-order valence-corrected chi connectivity index (χ4v) is 2.21. The predicted octanol–water partition coefficient (Wildman–Crippen LogP) is 3.54. The first-order valence-electron chi connectivity index (χ1n) is 6.07. The third-order valence-corrected chi connectivity index (χ3v) is 3.12. The predicted molar refractivity (Wildman–Crippen MR) is 70.1 cm³/mol. The highest BCUT2D eigenvalue weighted by atomic mass is 35.5. The number of hydrogen-bond acceptors (Lipinski definition) is 3. The number of rotatable bonds is 4. The molecule has 1 heterocycles. The number of para-hydroxylation sites is 1. The fourth-order valence-electron chi connectivity index (χ4n) is 1.97. The molecule has 1 atom stereocenters. The van der Waals surface area contributed by atoms with Crippen LogP contribution in [0.2, 0.25) is 5.02 Å². The molecule has 1 aromatic carbocycles. The van der Waals surface area contributed by atoms with Gasteiger partial charge in [0.25, 0.3) is 0 Å². The summed E-state index contributed by atoms with van der Waals surface area (Å²) in [7, 11) is 0. The maximum atomic E-state index is 12.4. The van der Waals surface area contributed by atoms with Crippen molar-refractivity contribution in [3.63, 3.8) is 0 Å². The van der Waals surface area contributed by atoms with Gasteiger partial charge in [-0.15, -0.1) is 13.2 Å². The number of aliphatic hydroxyl groups is 1. The van der Waals surface area contributed by atoms with Crippen LogP contribution in [0.3, 0.4) is 0 Å². The number of ether oxygens (including phenoxy) is 1. The van der Waals surface area contributed by atoms with Gasteiger partial charge in [0, 0.05) is 12.1 Å². The first kappa shape index (κ1) is 15.7. The number of benzene rings is 1. The Hall–Kier alpha value is -1.73. The largest absolute Gasteiger partial charge is 0.573 e. The molecule has 0 radical (unpaired) electrons. The minimum absolute atomic E-state index is 0.0353. The molecule has 0 fully saturated rings. The van der Waals surface area contributed by atoms with E-state index < -0.39 is 18.2 Å². The smallest absolute Gasteiger partial charge is 0.405 e. The highest BCUT2D eigenvalue weighted by Gasteiger charge is 2.33. The van der Waals surface area contributed by atoms with E-state index in [0.717, 1.165) is 6.07 Å². The van der Waals surface area contributed by atoms with Crippen molar-refractivity contribution in [3.8, 4) is 5.75 Å². The van der Waals surface area contributed by atoms with Gasteiger partial charge in [-0.3, -0.25) is 4.68 Å². The Balaban J connectivity index is 2.44.